The Morgan fingerprint density at radius 3 is 2.29 bits per heavy atom. The molecule has 3 rings (SSSR count). The normalized spacial score (nSPS) is 12.5. The summed E-state index contributed by atoms with van der Waals surface area (Å²) in [6.45, 7) is 4.78. The van der Waals surface area contributed by atoms with Gasteiger partial charge in [-0.2, -0.15) is 13.2 Å². The molecule has 0 radical (unpaired) electrons. The summed E-state index contributed by atoms with van der Waals surface area (Å²) in [4.78, 5) is 28.0. The molecule has 0 saturated heterocycles. The van der Waals surface area contributed by atoms with Gasteiger partial charge in [0.15, 0.2) is 0 Å². The van der Waals surface area contributed by atoms with Crippen molar-refractivity contribution in [2.24, 2.45) is 0 Å². The van der Waals surface area contributed by atoms with E-state index >= 15 is 0 Å². The molecule has 226 valence electrons. The topological polar surface area (TPSA) is 86.8 Å². The maximum atomic E-state index is 13.9. The number of benzene rings is 3. The Bertz CT molecular complexity index is 1500. The van der Waals surface area contributed by atoms with Crippen LogP contribution in [0.5, 0.6) is 0 Å². The molecule has 42 heavy (non-hydrogen) atoms. The Morgan fingerprint density at radius 2 is 1.67 bits per heavy atom. The average Bonchev–Trinajstić information content (AvgIpc) is 2.94. The van der Waals surface area contributed by atoms with Gasteiger partial charge < -0.3 is 10.2 Å². The fourth-order valence-corrected chi connectivity index (χ4v) is 6.01. The summed E-state index contributed by atoms with van der Waals surface area (Å²) in [5.74, 6) is -1.19. The van der Waals surface area contributed by atoms with Gasteiger partial charge in [-0.25, -0.2) is 8.42 Å². The third kappa shape index (κ3) is 8.57. The Hall–Kier alpha value is -3.38. The van der Waals surface area contributed by atoms with E-state index in [0.29, 0.717) is 22.5 Å². The molecule has 3 aromatic rings. The molecule has 1 N–H and O–H groups in total. The Morgan fingerprint density at radius 1 is 1.00 bits per heavy atom. The summed E-state index contributed by atoms with van der Waals surface area (Å²) in [7, 11) is -4.49. The lowest BCUT2D eigenvalue weighted by Gasteiger charge is -2.32. The lowest BCUT2D eigenvalue weighted by Crippen LogP contribution is -2.51. The number of aryl methyl sites for hydroxylation is 1. The molecule has 0 aliphatic heterocycles. The van der Waals surface area contributed by atoms with Crippen LogP contribution in [0.4, 0.5) is 18.9 Å². The lowest BCUT2D eigenvalue weighted by molar-refractivity contribution is -0.139. The monoisotopic (exact) mass is 667 g/mol. The molecule has 0 aliphatic carbocycles. The van der Waals surface area contributed by atoms with E-state index in [1.54, 1.807) is 43.3 Å². The third-order valence-corrected chi connectivity index (χ3v) is 8.87. The molecule has 2 amide bonds. The molecule has 0 bridgehead atoms. The molecule has 0 heterocycles. The summed E-state index contributed by atoms with van der Waals surface area (Å²) in [6, 6.07) is 15.6. The van der Waals surface area contributed by atoms with Gasteiger partial charge in [0.25, 0.3) is 10.0 Å². The summed E-state index contributed by atoms with van der Waals surface area (Å²) in [5.41, 5.74) is 0.0455. The molecule has 0 saturated carbocycles. The molecule has 12 heteroatoms. The zero-order valence-corrected chi connectivity index (χ0v) is 25.9. The van der Waals surface area contributed by atoms with Crippen molar-refractivity contribution in [3.63, 3.8) is 0 Å². The second-order valence-electron chi connectivity index (χ2n) is 9.84. The van der Waals surface area contributed by atoms with Crippen LogP contribution in [0.15, 0.2) is 82.2 Å². The summed E-state index contributed by atoms with van der Waals surface area (Å²) < 4.78 is 69.8. The predicted octanol–water partition coefficient (Wildman–Crippen LogP) is 6.31. The van der Waals surface area contributed by atoms with Gasteiger partial charge >= 0.3 is 6.18 Å². The van der Waals surface area contributed by atoms with Crippen LogP contribution in [0.3, 0.4) is 0 Å². The van der Waals surface area contributed by atoms with Gasteiger partial charge in [0.1, 0.15) is 12.6 Å². The van der Waals surface area contributed by atoms with Crippen LogP contribution >= 0.6 is 15.9 Å². The van der Waals surface area contributed by atoms with E-state index in [4.69, 9.17) is 0 Å². The van der Waals surface area contributed by atoms with E-state index in [9.17, 15) is 31.2 Å². The van der Waals surface area contributed by atoms with Crippen molar-refractivity contribution >= 4 is 43.5 Å². The van der Waals surface area contributed by atoms with Gasteiger partial charge in [-0.3, -0.25) is 13.9 Å². The maximum absolute atomic E-state index is 13.9. The minimum atomic E-state index is -4.74. The number of alkyl halides is 3. The molecule has 3 aromatic carbocycles. The zero-order chi connectivity index (χ0) is 31.1. The van der Waals surface area contributed by atoms with Gasteiger partial charge in [-0.05, 0) is 68.3 Å². The number of unbranched alkanes of at least 4 members (excludes halogenated alkanes) is 1. The Kier molecular flexibility index (Phi) is 11.2. The van der Waals surface area contributed by atoms with Crippen LogP contribution in [-0.4, -0.2) is 44.3 Å². The van der Waals surface area contributed by atoms with Crippen molar-refractivity contribution in [3.05, 3.63) is 94.0 Å². The Balaban J connectivity index is 2.07. The second-order valence-corrected chi connectivity index (χ2v) is 12.6. The molecule has 1 atom stereocenters. The molecule has 0 fully saturated rings. The zero-order valence-electron chi connectivity index (χ0n) is 23.5. The van der Waals surface area contributed by atoms with E-state index < -0.39 is 46.2 Å². The van der Waals surface area contributed by atoms with Gasteiger partial charge in [0.2, 0.25) is 11.8 Å². The van der Waals surface area contributed by atoms with Crippen LogP contribution in [0.25, 0.3) is 0 Å². The van der Waals surface area contributed by atoms with Crippen LogP contribution < -0.4 is 9.62 Å². The number of anilines is 1. The molecule has 7 nitrogen and oxygen atoms in total. The average molecular weight is 669 g/mol. The number of halogens is 4. The Labute approximate surface area is 252 Å². The number of rotatable bonds is 12. The molecule has 0 spiro atoms. The van der Waals surface area contributed by atoms with Crippen molar-refractivity contribution in [3.8, 4) is 0 Å². The number of hydrogen-bond acceptors (Lipinski definition) is 4. The first-order valence-electron chi connectivity index (χ1n) is 13.3. The van der Waals surface area contributed by atoms with E-state index in [1.165, 1.54) is 30.0 Å². The molecular weight excluding hydrogens is 635 g/mol. The number of carbonyl (C=O) groups is 2. The molecule has 0 unspecified atom stereocenters. The number of amides is 2. The number of nitrogens with one attached hydrogen (secondary N) is 1. The van der Waals surface area contributed by atoms with Crippen molar-refractivity contribution < 1.29 is 31.2 Å². The lowest BCUT2D eigenvalue weighted by atomic mass is 10.1. The van der Waals surface area contributed by atoms with Crippen molar-refractivity contribution in [2.45, 2.75) is 57.3 Å². The molecule has 0 aromatic heterocycles. The fourth-order valence-electron chi connectivity index (χ4n) is 4.15. The predicted molar refractivity (Wildman–Crippen MR) is 159 cm³/mol. The first kappa shape index (κ1) is 33.1. The van der Waals surface area contributed by atoms with E-state index in [1.807, 2.05) is 6.92 Å². The third-order valence-electron chi connectivity index (χ3n) is 6.59. The first-order chi connectivity index (χ1) is 19.7. The summed E-state index contributed by atoms with van der Waals surface area (Å²) >= 11 is 3.39. The van der Waals surface area contributed by atoms with Crippen molar-refractivity contribution in [2.75, 3.05) is 17.4 Å². The number of nitrogens with zero attached hydrogens (tertiary/aromatic N) is 2. The van der Waals surface area contributed by atoms with E-state index in [0.717, 1.165) is 35.0 Å². The summed E-state index contributed by atoms with van der Waals surface area (Å²) in [5, 5.41) is 2.79. The SMILES string of the molecule is CCCCNC(=O)[C@@H](C)N(Cc1cccc(Br)c1)C(=O)CN(c1cccc(C(F)(F)F)c1)S(=O)(=O)c1ccc(C)cc1. The number of carbonyl (C=O) groups excluding carboxylic acids is 2. The molecule has 0 aliphatic rings. The van der Waals surface area contributed by atoms with E-state index in [-0.39, 0.29) is 17.1 Å². The first-order valence-corrected chi connectivity index (χ1v) is 15.6. The number of sulfonamides is 1. The highest BCUT2D eigenvalue weighted by atomic mass is 79.9. The van der Waals surface area contributed by atoms with Crippen LogP contribution in [-0.2, 0) is 32.3 Å². The smallest absolute Gasteiger partial charge is 0.354 e. The molecular formula is C30H33BrF3N3O4S. The van der Waals surface area contributed by atoms with Crippen LogP contribution in [0, 0.1) is 6.92 Å². The minimum Gasteiger partial charge on any atom is -0.354 e. The van der Waals surface area contributed by atoms with Crippen molar-refractivity contribution in [1.82, 2.24) is 10.2 Å². The highest BCUT2D eigenvalue weighted by Gasteiger charge is 2.35. The minimum absolute atomic E-state index is 0.0400. The van der Waals surface area contributed by atoms with Crippen molar-refractivity contribution in [1.29, 1.82) is 0 Å². The van der Waals surface area contributed by atoms with Crippen LogP contribution in [0.1, 0.15) is 43.4 Å². The van der Waals surface area contributed by atoms with Gasteiger partial charge in [0.05, 0.1) is 16.1 Å². The maximum Gasteiger partial charge on any atom is 0.416 e. The number of hydrogen-bond donors (Lipinski definition) is 1. The fraction of sp³-hybridized carbons (Fsp3) is 0.333. The largest absolute Gasteiger partial charge is 0.416 e. The van der Waals surface area contributed by atoms with Crippen LogP contribution in [0.2, 0.25) is 0 Å². The summed E-state index contributed by atoms with van der Waals surface area (Å²) in [6.07, 6.45) is -3.16. The van der Waals surface area contributed by atoms with Gasteiger partial charge in [-0.1, -0.05) is 65.2 Å². The van der Waals surface area contributed by atoms with E-state index in [2.05, 4.69) is 21.2 Å². The highest BCUT2D eigenvalue weighted by Crippen LogP contribution is 2.33. The second kappa shape index (κ2) is 14.2. The standard InChI is InChI=1S/C30H33BrF3N3O4S/c1-4-5-16-35-29(39)22(3)36(19-23-8-6-10-25(31)17-23)28(38)20-37(26-11-7-9-24(18-26)30(32,33)34)42(40,41)27-14-12-21(2)13-15-27/h6-15,17-18,22H,4-5,16,19-20H2,1-3H3,(H,35,39)/t22-/m1/s1. The highest BCUT2D eigenvalue weighted by molar-refractivity contribution is 9.10. The van der Waals surface area contributed by atoms with Gasteiger partial charge in [0, 0.05) is 17.6 Å². The van der Waals surface area contributed by atoms with Gasteiger partial charge in [-0.15, -0.1) is 0 Å². The quantitative estimate of drug-likeness (QED) is 0.230.